The summed E-state index contributed by atoms with van der Waals surface area (Å²) in [7, 11) is 0. The van der Waals surface area contributed by atoms with E-state index in [1.165, 1.54) is 11.8 Å². The van der Waals surface area contributed by atoms with Gasteiger partial charge in [0.15, 0.2) is 22.3 Å². The van der Waals surface area contributed by atoms with E-state index in [9.17, 15) is 4.79 Å². The number of fused-ring (bicyclic) bond motifs is 2. The summed E-state index contributed by atoms with van der Waals surface area (Å²) in [4.78, 5) is 19.5. The van der Waals surface area contributed by atoms with Gasteiger partial charge in [0, 0.05) is 18.3 Å². The number of thioether (sulfide) groups is 1. The predicted octanol–water partition coefficient (Wildman–Crippen LogP) is 2.97. The van der Waals surface area contributed by atoms with Gasteiger partial charge in [-0.15, -0.1) is 10.2 Å². The van der Waals surface area contributed by atoms with Crippen LogP contribution in [-0.4, -0.2) is 55.9 Å². The zero-order chi connectivity index (χ0) is 20.7. The van der Waals surface area contributed by atoms with Crippen LogP contribution < -0.4 is 9.47 Å². The Kier molecular flexibility index (Phi) is 4.98. The van der Waals surface area contributed by atoms with Gasteiger partial charge >= 0.3 is 0 Å². The molecule has 0 saturated carbocycles. The predicted molar refractivity (Wildman–Crippen MR) is 112 cm³/mol. The molecule has 1 unspecified atom stereocenters. The second-order valence-electron chi connectivity index (χ2n) is 7.56. The zero-order valence-corrected chi connectivity index (χ0v) is 17.8. The number of ether oxygens (including phenoxy) is 2. The summed E-state index contributed by atoms with van der Waals surface area (Å²) in [5.41, 5.74) is 2.75. The Bertz CT molecular complexity index is 1120. The summed E-state index contributed by atoms with van der Waals surface area (Å²) in [6.07, 6.45) is 1.94. The van der Waals surface area contributed by atoms with Gasteiger partial charge in [-0.25, -0.2) is 4.98 Å². The Morgan fingerprint density at radius 1 is 1.17 bits per heavy atom. The first-order valence-corrected chi connectivity index (χ1v) is 11.1. The fraction of sp³-hybridized carbons (Fsp3) is 0.429. The van der Waals surface area contributed by atoms with E-state index < -0.39 is 0 Å². The first kappa shape index (κ1) is 19.2. The minimum atomic E-state index is 0.0649. The van der Waals surface area contributed by atoms with Crippen molar-refractivity contribution < 1.29 is 14.3 Å². The molecule has 0 N–H and O–H groups in total. The van der Waals surface area contributed by atoms with Crippen LogP contribution in [0.15, 0.2) is 29.4 Å². The minimum absolute atomic E-state index is 0.0649. The molecule has 1 amide bonds. The molecule has 3 aromatic rings. The zero-order valence-electron chi connectivity index (χ0n) is 17.0. The number of benzene rings is 1. The molecule has 2 aliphatic rings. The lowest BCUT2D eigenvalue weighted by molar-refractivity contribution is -0.129. The third-order valence-corrected chi connectivity index (χ3v) is 6.42. The van der Waals surface area contributed by atoms with Gasteiger partial charge in [0.2, 0.25) is 5.91 Å². The van der Waals surface area contributed by atoms with E-state index in [0.29, 0.717) is 24.1 Å². The van der Waals surface area contributed by atoms with Gasteiger partial charge in [0.05, 0.1) is 11.8 Å². The average molecular weight is 426 g/mol. The Morgan fingerprint density at radius 3 is 2.87 bits per heavy atom. The smallest absolute Gasteiger partial charge is 0.233 e. The molecule has 5 rings (SSSR count). The van der Waals surface area contributed by atoms with Crippen LogP contribution in [-0.2, 0) is 4.79 Å². The molecular formula is C21H23N5O3S. The lowest BCUT2D eigenvalue weighted by Crippen LogP contribution is -2.32. The molecule has 30 heavy (non-hydrogen) atoms. The standard InChI is InChI=1S/C21H23N5O3S/c1-13-10-19-23-24-21(26(19)14(2)22-13)30-12-20(27)25-7-3-4-16(25)15-5-6-17-18(11-15)29-9-8-28-17/h5-6,10-11,16H,3-4,7-9,12H2,1-2H3. The van der Waals surface area contributed by atoms with Crippen molar-refractivity contribution in [3.63, 3.8) is 0 Å². The highest BCUT2D eigenvalue weighted by molar-refractivity contribution is 7.99. The molecule has 0 spiro atoms. The van der Waals surface area contributed by atoms with Crippen molar-refractivity contribution in [2.45, 2.75) is 37.9 Å². The van der Waals surface area contributed by atoms with Crippen LogP contribution in [0.3, 0.4) is 0 Å². The molecule has 0 bridgehead atoms. The lowest BCUT2D eigenvalue weighted by Gasteiger charge is -2.26. The van der Waals surface area contributed by atoms with Crippen molar-refractivity contribution in [3.8, 4) is 11.5 Å². The van der Waals surface area contributed by atoms with E-state index in [1.807, 2.05) is 47.4 Å². The number of carbonyl (C=O) groups is 1. The van der Waals surface area contributed by atoms with Crippen LogP contribution in [0.5, 0.6) is 11.5 Å². The maximum atomic E-state index is 13.1. The SMILES string of the molecule is Cc1cc2nnc(SCC(=O)N3CCCC3c3ccc4c(c3)OCCO4)n2c(C)n1. The number of likely N-dealkylation sites (tertiary alicyclic amines) is 1. The normalized spacial score (nSPS) is 18.2. The minimum Gasteiger partial charge on any atom is -0.486 e. The molecular weight excluding hydrogens is 402 g/mol. The van der Waals surface area contributed by atoms with Gasteiger partial charge < -0.3 is 14.4 Å². The molecule has 9 heteroatoms. The van der Waals surface area contributed by atoms with Gasteiger partial charge in [-0.05, 0) is 44.4 Å². The summed E-state index contributed by atoms with van der Waals surface area (Å²) in [6, 6.07) is 7.96. The highest BCUT2D eigenvalue weighted by atomic mass is 32.2. The topological polar surface area (TPSA) is 81.9 Å². The monoisotopic (exact) mass is 425 g/mol. The number of nitrogens with zero attached hydrogens (tertiary/aromatic N) is 5. The van der Waals surface area contributed by atoms with Crippen LogP contribution in [0.2, 0.25) is 0 Å². The van der Waals surface area contributed by atoms with Crippen LogP contribution >= 0.6 is 11.8 Å². The average Bonchev–Trinajstić information content (AvgIpc) is 3.39. The van der Waals surface area contributed by atoms with Crippen molar-refractivity contribution in [2.75, 3.05) is 25.5 Å². The Hall–Kier alpha value is -2.81. The number of hydrogen-bond donors (Lipinski definition) is 0. The van der Waals surface area contributed by atoms with E-state index in [4.69, 9.17) is 9.47 Å². The highest BCUT2D eigenvalue weighted by Crippen LogP contribution is 2.38. The number of aryl methyl sites for hydroxylation is 2. The number of amides is 1. The number of rotatable bonds is 4. The summed E-state index contributed by atoms with van der Waals surface area (Å²) in [5.74, 6) is 2.77. The number of aromatic nitrogens is 4. The second kappa shape index (κ2) is 7.79. The van der Waals surface area contributed by atoms with Crippen molar-refractivity contribution in [2.24, 2.45) is 0 Å². The Morgan fingerprint density at radius 2 is 2.00 bits per heavy atom. The van der Waals surface area contributed by atoms with E-state index in [1.54, 1.807) is 0 Å². The summed E-state index contributed by atoms with van der Waals surface area (Å²) in [6.45, 7) is 5.75. The molecule has 1 fully saturated rings. The molecule has 1 atom stereocenters. The van der Waals surface area contributed by atoms with E-state index >= 15 is 0 Å². The molecule has 2 aromatic heterocycles. The fourth-order valence-corrected chi connectivity index (χ4v) is 5.06. The van der Waals surface area contributed by atoms with Crippen LogP contribution in [0.25, 0.3) is 5.65 Å². The summed E-state index contributed by atoms with van der Waals surface area (Å²) < 4.78 is 13.2. The molecule has 0 radical (unpaired) electrons. The molecule has 1 aromatic carbocycles. The van der Waals surface area contributed by atoms with Gasteiger partial charge in [-0.1, -0.05) is 17.8 Å². The fourth-order valence-electron chi connectivity index (χ4n) is 4.18. The molecule has 1 saturated heterocycles. The van der Waals surface area contributed by atoms with Gasteiger partial charge in [-0.3, -0.25) is 9.20 Å². The first-order valence-electron chi connectivity index (χ1n) is 10.1. The third-order valence-electron chi connectivity index (χ3n) is 5.51. The second-order valence-corrected chi connectivity index (χ2v) is 8.50. The quantitative estimate of drug-likeness (QED) is 0.595. The molecule has 156 valence electrons. The molecule has 2 aliphatic heterocycles. The van der Waals surface area contributed by atoms with Crippen molar-refractivity contribution in [1.29, 1.82) is 0 Å². The molecule has 0 aliphatic carbocycles. The van der Waals surface area contributed by atoms with E-state index in [-0.39, 0.29) is 11.9 Å². The van der Waals surface area contributed by atoms with Crippen molar-refractivity contribution in [3.05, 3.63) is 41.3 Å². The summed E-state index contributed by atoms with van der Waals surface area (Å²) in [5, 5.41) is 9.17. The number of carbonyl (C=O) groups excluding carboxylic acids is 1. The van der Waals surface area contributed by atoms with Gasteiger partial charge in [0.25, 0.3) is 0 Å². The van der Waals surface area contributed by atoms with Crippen molar-refractivity contribution in [1.82, 2.24) is 24.5 Å². The van der Waals surface area contributed by atoms with E-state index in [0.717, 1.165) is 53.6 Å². The molecule has 8 nitrogen and oxygen atoms in total. The van der Waals surface area contributed by atoms with Gasteiger partial charge in [0.1, 0.15) is 19.0 Å². The highest BCUT2D eigenvalue weighted by Gasteiger charge is 2.31. The van der Waals surface area contributed by atoms with Crippen LogP contribution in [0.4, 0.5) is 0 Å². The van der Waals surface area contributed by atoms with Crippen LogP contribution in [0, 0.1) is 13.8 Å². The Labute approximate surface area is 178 Å². The largest absolute Gasteiger partial charge is 0.486 e. The Balaban J connectivity index is 1.31. The molecule has 4 heterocycles. The summed E-state index contributed by atoms with van der Waals surface area (Å²) >= 11 is 1.41. The maximum Gasteiger partial charge on any atom is 0.233 e. The van der Waals surface area contributed by atoms with Crippen LogP contribution in [0.1, 0.15) is 36.0 Å². The maximum absolute atomic E-state index is 13.1. The first-order chi connectivity index (χ1) is 14.6. The van der Waals surface area contributed by atoms with E-state index in [2.05, 4.69) is 15.2 Å². The van der Waals surface area contributed by atoms with Crippen molar-refractivity contribution >= 4 is 23.3 Å². The lowest BCUT2D eigenvalue weighted by atomic mass is 10.0. The number of hydrogen-bond acceptors (Lipinski definition) is 7. The third kappa shape index (κ3) is 3.47. The van der Waals surface area contributed by atoms with Gasteiger partial charge in [-0.2, -0.15) is 0 Å².